The molecule has 0 spiro atoms. The predicted molar refractivity (Wildman–Crippen MR) is 71.5 cm³/mol. The van der Waals surface area contributed by atoms with E-state index < -0.39 is 0 Å². The second-order valence-electron chi connectivity index (χ2n) is 4.44. The van der Waals surface area contributed by atoms with Gasteiger partial charge in [0.2, 0.25) is 0 Å². The number of ether oxygens (including phenoxy) is 1. The largest absolute Gasteiger partial charge is 0.481 e. The van der Waals surface area contributed by atoms with Gasteiger partial charge in [-0.2, -0.15) is 0 Å². The average Bonchev–Trinajstić information content (AvgIpc) is 2.89. The van der Waals surface area contributed by atoms with Crippen molar-refractivity contribution in [3.8, 4) is 5.75 Å². The molecule has 1 aromatic heterocycles. The van der Waals surface area contributed by atoms with Gasteiger partial charge in [0.15, 0.2) is 6.10 Å². The van der Waals surface area contributed by atoms with E-state index in [2.05, 4.69) is 0 Å². The SMILES string of the molecule is CCC(N)C(Oc1cccc(C)c1)c1ccco1. The highest BCUT2D eigenvalue weighted by Crippen LogP contribution is 2.26. The van der Waals surface area contributed by atoms with Crippen molar-refractivity contribution in [2.24, 2.45) is 5.73 Å². The summed E-state index contributed by atoms with van der Waals surface area (Å²) < 4.78 is 11.4. The number of hydrogen-bond acceptors (Lipinski definition) is 3. The number of hydrogen-bond donors (Lipinski definition) is 1. The monoisotopic (exact) mass is 245 g/mol. The highest BCUT2D eigenvalue weighted by molar-refractivity contribution is 5.28. The molecular weight excluding hydrogens is 226 g/mol. The Morgan fingerprint density at radius 1 is 1.28 bits per heavy atom. The van der Waals surface area contributed by atoms with Gasteiger partial charge in [-0.25, -0.2) is 0 Å². The molecule has 2 N–H and O–H groups in total. The van der Waals surface area contributed by atoms with E-state index in [4.69, 9.17) is 14.9 Å². The Labute approximate surface area is 108 Å². The Hall–Kier alpha value is -1.74. The molecule has 0 radical (unpaired) electrons. The van der Waals surface area contributed by atoms with E-state index in [0.29, 0.717) is 0 Å². The van der Waals surface area contributed by atoms with E-state index in [1.807, 2.05) is 50.2 Å². The molecule has 2 aromatic rings. The Morgan fingerprint density at radius 2 is 2.11 bits per heavy atom. The smallest absolute Gasteiger partial charge is 0.171 e. The van der Waals surface area contributed by atoms with Crippen LogP contribution in [0.5, 0.6) is 5.75 Å². The highest BCUT2D eigenvalue weighted by Gasteiger charge is 2.23. The van der Waals surface area contributed by atoms with Crippen LogP contribution in [-0.4, -0.2) is 6.04 Å². The number of rotatable bonds is 5. The summed E-state index contributed by atoms with van der Waals surface area (Å²) in [4.78, 5) is 0. The summed E-state index contributed by atoms with van der Waals surface area (Å²) in [6.45, 7) is 4.08. The van der Waals surface area contributed by atoms with Crippen LogP contribution in [0.4, 0.5) is 0 Å². The van der Waals surface area contributed by atoms with Gasteiger partial charge in [-0.15, -0.1) is 0 Å². The second-order valence-corrected chi connectivity index (χ2v) is 4.44. The third-order valence-corrected chi connectivity index (χ3v) is 2.94. The Morgan fingerprint density at radius 3 is 2.72 bits per heavy atom. The van der Waals surface area contributed by atoms with Crippen molar-refractivity contribution in [2.45, 2.75) is 32.4 Å². The van der Waals surface area contributed by atoms with Crippen LogP contribution >= 0.6 is 0 Å². The van der Waals surface area contributed by atoms with Crippen LogP contribution in [0.1, 0.15) is 30.8 Å². The Balaban J connectivity index is 2.20. The van der Waals surface area contributed by atoms with Crippen LogP contribution < -0.4 is 10.5 Å². The van der Waals surface area contributed by atoms with Gasteiger partial charge in [0.05, 0.1) is 6.26 Å². The van der Waals surface area contributed by atoms with Gasteiger partial charge in [-0.05, 0) is 43.2 Å². The molecule has 0 saturated carbocycles. The maximum absolute atomic E-state index is 6.11. The molecule has 96 valence electrons. The lowest BCUT2D eigenvalue weighted by atomic mass is 10.1. The molecule has 3 heteroatoms. The summed E-state index contributed by atoms with van der Waals surface area (Å²) in [5.41, 5.74) is 7.27. The minimum atomic E-state index is -0.244. The van der Waals surface area contributed by atoms with E-state index in [9.17, 15) is 0 Å². The summed E-state index contributed by atoms with van der Waals surface area (Å²) in [5.74, 6) is 1.59. The average molecular weight is 245 g/mol. The molecule has 1 aromatic carbocycles. The molecule has 0 fully saturated rings. The minimum absolute atomic E-state index is 0.0864. The van der Waals surface area contributed by atoms with Crippen molar-refractivity contribution in [2.75, 3.05) is 0 Å². The first kappa shape index (κ1) is 12.7. The van der Waals surface area contributed by atoms with Gasteiger partial charge in [0, 0.05) is 6.04 Å². The summed E-state index contributed by atoms with van der Waals surface area (Å²) in [6, 6.07) is 11.6. The fourth-order valence-electron chi connectivity index (χ4n) is 1.86. The molecule has 2 atom stereocenters. The number of furan rings is 1. The quantitative estimate of drug-likeness (QED) is 0.877. The molecule has 18 heavy (non-hydrogen) atoms. The van der Waals surface area contributed by atoms with E-state index >= 15 is 0 Å². The number of benzene rings is 1. The molecule has 3 nitrogen and oxygen atoms in total. The normalized spacial score (nSPS) is 14.2. The minimum Gasteiger partial charge on any atom is -0.481 e. The van der Waals surface area contributed by atoms with Gasteiger partial charge >= 0.3 is 0 Å². The van der Waals surface area contributed by atoms with Crippen molar-refractivity contribution in [1.82, 2.24) is 0 Å². The molecule has 2 rings (SSSR count). The fraction of sp³-hybridized carbons (Fsp3) is 0.333. The Bertz CT molecular complexity index is 479. The van der Waals surface area contributed by atoms with Gasteiger partial charge in [0.1, 0.15) is 11.5 Å². The van der Waals surface area contributed by atoms with E-state index in [0.717, 1.165) is 23.5 Å². The molecule has 0 saturated heterocycles. The third kappa shape index (κ3) is 2.93. The summed E-state index contributed by atoms with van der Waals surface area (Å²) in [6.07, 6.45) is 2.23. The van der Waals surface area contributed by atoms with Crippen molar-refractivity contribution in [3.63, 3.8) is 0 Å². The first-order chi connectivity index (χ1) is 8.70. The Kier molecular flexibility index (Phi) is 4.05. The van der Waals surface area contributed by atoms with Crippen LogP contribution in [0, 0.1) is 6.92 Å². The fourth-order valence-corrected chi connectivity index (χ4v) is 1.86. The molecular formula is C15H19NO2. The number of aryl methyl sites for hydroxylation is 1. The van der Waals surface area contributed by atoms with Gasteiger partial charge < -0.3 is 14.9 Å². The predicted octanol–water partition coefficient (Wildman–Crippen LogP) is 3.45. The lowest BCUT2D eigenvalue weighted by Gasteiger charge is -2.22. The van der Waals surface area contributed by atoms with Gasteiger partial charge in [0.25, 0.3) is 0 Å². The van der Waals surface area contributed by atoms with Crippen LogP contribution in [0.15, 0.2) is 47.1 Å². The third-order valence-electron chi connectivity index (χ3n) is 2.94. The molecule has 2 unspecified atom stereocenters. The summed E-state index contributed by atoms with van der Waals surface area (Å²) in [5, 5.41) is 0. The zero-order valence-corrected chi connectivity index (χ0v) is 10.8. The maximum atomic E-state index is 6.11. The molecule has 0 aliphatic heterocycles. The van der Waals surface area contributed by atoms with Crippen molar-refractivity contribution in [1.29, 1.82) is 0 Å². The van der Waals surface area contributed by atoms with Crippen molar-refractivity contribution >= 4 is 0 Å². The standard InChI is InChI=1S/C15H19NO2/c1-3-13(16)15(14-8-5-9-17-14)18-12-7-4-6-11(2)10-12/h4-10,13,15H,3,16H2,1-2H3. The molecule has 1 heterocycles. The topological polar surface area (TPSA) is 48.4 Å². The van der Waals surface area contributed by atoms with E-state index in [1.54, 1.807) is 6.26 Å². The van der Waals surface area contributed by atoms with E-state index in [1.165, 1.54) is 0 Å². The lowest BCUT2D eigenvalue weighted by Crippen LogP contribution is -2.31. The maximum Gasteiger partial charge on any atom is 0.171 e. The van der Waals surface area contributed by atoms with E-state index in [-0.39, 0.29) is 12.1 Å². The first-order valence-electron chi connectivity index (χ1n) is 6.23. The molecule has 0 amide bonds. The van der Waals surface area contributed by atoms with Crippen molar-refractivity contribution < 1.29 is 9.15 Å². The molecule has 0 aliphatic carbocycles. The first-order valence-corrected chi connectivity index (χ1v) is 6.23. The highest BCUT2D eigenvalue weighted by atomic mass is 16.5. The molecule has 0 aliphatic rings. The zero-order valence-electron chi connectivity index (χ0n) is 10.8. The van der Waals surface area contributed by atoms with Crippen LogP contribution in [0.25, 0.3) is 0 Å². The summed E-state index contributed by atoms with van der Waals surface area (Å²) >= 11 is 0. The van der Waals surface area contributed by atoms with Crippen LogP contribution in [0.3, 0.4) is 0 Å². The van der Waals surface area contributed by atoms with Crippen LogP contribution in [0.2, 0.25) is 0 Å². The lowest BCUT2D eigenvalue weighted by molar-refractivity contribution is 0.144. The summed E-state index contributed by atoms with van der Waals surface area (Å²) in [7, 11) is 0. The number of nitrogens with two attached hydrogens (primary N) is 1. The van der Waals surface area contributed by atoms with Crippen LogP contribution in [-0.2, 0) is 0 Å². The van der Waals surface area contributed by atoms with Crippen molar-refractivity contribution in [3.05, 3.63) is 54.0 Å². The van der Waals surface area contributed by atoms with Gasteiger partial charge in [-0.3, -0.25) is 0 Å². The van der Waals surface area contributed by atoms with Gasteiger partial charge in [-0.1, -0.05) is 19.1 Å². The zero-order chi connectivity index (χ0) is 13.0. The second kappa shape index (κ2) is 5.74. The molecule has 0 bridgehead atoms.